The molecule has 2 aromatic rings. The molecule has 0 radical (unpaired) electrons. The van der Waals surface area contributed by atoms with Gasteiger partial charge in [0.2, 0.25) is 0 Å². The third kappa shape index (κ3) is 5.05. The molecule has 152 valence electrons. The molecule has 0 heterocycles. The number of rotatable bonds is 8. The highest BCUT2D eigenvalue weighted by molar-refractivity contribution is 7.86. The summed E-state index contributed by atoms with van der Waals surface area (Å²) in [6.07, 6.45) is 0. The number of hydrogen-bond donors (Lipinski definition) is 2. The molecule has 2 rings (SSSR count). The van der Waals surface area contributed by atoms with Gasteiger partial charge in [-0.3, -0.25) is 13.9 Å². The Kier molecular flexibility index (Phi) is 6.15. The van der Waals surface area contributed by atoms with E-state index in [0.29, 0.717) is 11.1 Å². The number of benzene rings is 2. The van der Waals surface area contributed by atoms with Crippen LogP contribution in [0.15, 0.2) is 60.7 Å². The summed E-state index contributed by atoms with van der Waals surface area (Å²) in [5.41, 5.74) is -2.92. The molecule has 0 bridgehead atoms. The molecule has 9 heteroatoms. The molecule has 7 nitrogen and oxygen atoms in total. The zero-order chi connectivity index (χ0) is 21.2. The van der Waals surface area contributed by atoms with Crippen LogP contribution in [-0.4, -0.2) is 43.2 Å². The highest BCUT2D eigenvalue weighted by Crippen LogP contribution is 2.38. The highest BCUT2D eigenvalue weighted by Gasteiger charge is 2.50. The van der Waals surface area contributed by atoms with Gasteiger partial charge >= 0.3 is 0 Å². The van der Waals surface area contributed by atoms with Crippen LogP contribution in [-0.2, 0) is 35.9 Å². The summed E-state index contributed by atoms with van der Waals surface area (Å²) in [4.78, 5) is 13.7. The molecule has 28 heavy (non-hydrogen) atoms. The van der Waals surface area contributed by atoms with E-state index in [1.54, 1.807) is 36.4 Å². The van der Waals surface area contributed by atoms with Crippen molar-refractivity contribution in [1.29, 1.82) is 0 Å². The summed E-state index contributed by atoms with van der Waals surface area (Å²) >= 11 is 0. The van der Waals surface area contributed by atoms with Crippen molar-refractivity contribution < 1.29 is 30.7 Å². The van der Waals surface area contributed by atoms with Gasteiger partial charge in [0.05, 0.1) is 22.3 Å². The minimum Gasteiger partial charge on any atom is -0.298 e. The summed E-state index contributed by atoms with van der Waals surface area (Å²) in [5, 5.41) is 0. The van der Waals surface area contributed by atoms with E-state index in [0.717, 1.165) is 0 Å². The summed E-state index contributed by atoms with van der Waals surface area (Å²) < 4.78 is 65.8. The number of Topliss-reactive ketones (excluding diaryl/α,β-unsaturated/α-hetero) is 1. The first-order valence-electron chi connectivity index (χ1n) is 8.34. The van der Waals surface area contributed by atoms with Crippen LogP contribution in [0, 0.1) is 0 Å². The number of ketones is 1. The van der Waals surface area contributed by atoms with E-state index in [2.05, 4.69) is 0 Å². The fourth-order valence-electron chi connectivity index (χ4n) is 3.51. The zero-order valence-electron chi connectivity index (χ0n) is 15.4. The maximum Gasteiger partial charge on any atom is 0.266 e. The summed E-state index contributed by atoms with van der Waals surface area (Å²) in [6, 6.07) is 15.9. The van der Waals surface area contributed by atoms with Crippen LogP contribution < -0.4 is 0 Å². The van der Waals surface area contributed by atoms with Crippen molar-refractivity contribution in [1.82, 2.24) is 0 Å². The van der Waals surface area contributed by atoms with Gasteiger partial charge in [-0.25, -0.2) is 0 Å². The van der Waals surface area contributed by atoms with Crippen molar-refractivity contribution in [3.05, 3.63) is 71.8 Å². The van der Waals surface area contributed by atoms with Crippen LogP contribution in [0.25, 0.3) is 0 Å². The SMILES string of the molecule is CC(CS(=O)(=O)O)(C(=O)C(C)(CS(=O)(=O)O)c1ccccc1)c1ccccc1. The molecule has 0 aliphatic carbocycles. The van der Waals surface area contributed by atoms with Crippen molar-refractivity contribution in [2.45, 2.75) is 24.7 Å². The minimum atomic E-state index is -4.59. The Labute approximate surface area is 164 Å². The standard InChI is InChI=1S/C19H22O7S2/c1-18(13-27(21,22)23,15-9-5-3-6-10-15)17(20)19(2,14-28(24,25)26)16-11-7-4-8-12-16/h3-12H,13-14H2,1-2H3,(H,21,22,23)(H,24,25,26). The molecule has 0 fully saturated rings. The van der Waals surface area contributed by atoms with E-state index in [9.17, 15) is 30.7 Å². The monoisotopic (exact) mass is 426 g/mol. The van der Waals surface area contributed by atoms with Crippen LogP contribution in [0.1, 0.15) is 25.0 Å². The van der Waals surface area contributed by atoms with Gasteiger partial charge in [-0.05, 0) is 25.0 Å². The van der Waals surface area contributed by atoms with Gasteiger partial charge in [-0.1, -0.05) is 60.7 Å². The minimum absolute atomic E-state index is 0.301. The van der Waals surface area contributed by atoms with Crippen LogP contribution in [0.2, 0.25) is 0 Å². The molecule has 0 saturated carbocycles. The van der Waals surface area contributed by atoms with Gasteiger partial charge in [0.15, 0.2) is 5.78 Å². The second-order valence-corrected chi connectivity index (χ2v) is 10.1. The fourth-order valence-corrected chi connectivity index (χ4v) is 5.57. The van der Waals surface area contributed by atoms with Crippen molar-refractivity contribution in [3.8, 4) is 0 Å². The van der Waals surface area contributed by atoms with Crippen molar-refractivity contribution in [2.75, 3.05) is 11.5 Å². The third-order valence-corrected chi connectivity index (χ3v) is 6.65. The number of hydrogen-bond acceptors (Lipinski definition) is 5. The molecule has 0 saturated heterocycles. The Morgan fingerprint density at radius 3 is 1.25 bits per heavy atom. The average Bonchev–Trinajstić information content (AvgIpc) is 2.59. The van der Waals surface area contributed by atoms with Crippen LogP contribution >= 0.6 is 0 Å². The molecule has 2 N–H and O–H groups in total. The Morgan fingerprint density at radius 1 is 0.714 bits per heavy atom. The molecular formula is C19H22O7S2. The van der Waals surface area contributed by atoms with E-state index in [1.807, 2.05) is 0 Å². The molecule has 0 amide bonds. The summed E-state index contributed by atoms with van der Waals surface area (Å²) in [7, 11) is -9.19. The largest absolute Gasteiger partial charge is 0.298 e. The van der Waals surface area contributed by atoms with E-state index >= 15 is 0 Å². The van der Waals surface area contributed by atoms with Gasteiger partial charge in [-0.2, -0.15) is 16.8 Å². The Balaban J connectivity index is 2.74. The smallest absolute Gasteiger partial charge is 0.266 e. The van der Waals surface area contributed by atoms with Crippen molar-refractivity contribution in [2.24, 2.45) is 0 Å². The van der Waals surface area contributed by atoms with Gasteiger partial charge in [0.25, 0.3) is 20.2 Å². The predicted molar refractivity (Wildman–Crippen MR) is 105 cm³/mol. The zero-order valence-corrected chi connectivity index (χ0v) is 17.1. The Bertz CT molecular complexity index is 962. The van der Waals surface area contributed by atoms with Gasteiger partial charge < -0.3 is 0 Å². The lowest BCUT2D eigenvalue weighted by Crippen LogP contribution is -2.52. The van der Waals surface area contributed by atoms with Gasteiger partial charge in [-0.15, -0.1) is 0 Å². The van der Waals surface area contributed by atoms with E-state index < -0.39 is 48.4 Å². The molecule has 2 unspecified atom stereocenters. The second kappa shape index (κ2) is 7.75. The molecule has 0 aromatic heterocycles. The summed E-state index contributed by atoms with van der Waals surface area (Å²) in [6.45, 7) is 2.67. The maximum absolute atomic E-state index is 13.7. The Morgan fingerprint density at radius 2 is 1.00 bits per heavy atom. The first kappa shape index (κ1) is 22.2. The molecule has 2 atom stereocenters. The maximum atomic E-state index is 13.7. The molecule has 0 spiro atoms. The molecule has 0 aliphatic heterocycles. The summed E-state index contributed by atoms with van der Waals surface area (Å²) in [5.74, 6) is -2.62. The lowest BCUT2D eigenvalue weighted by atomic mass is 9.67. The second-order valence-electron chi connectivity index (χ2n) is 7.18. The lowest BCUT2D eigenvalue weighted by Gasteiger charge is -2.37. The fraction of sp³-hybridized carbons (Fsp3) is 0.316. The quantitative estimate of drug-likeness (QED) is 0.620. The van der Waals surface area contributed by atoms with E-state index in [1.165, 1.54) is 38.1 Å². The van der Waals surface area contributed by atoms with Crippen LogP contribution in [0.4, 0.5) is 0 Å². The third-order valence-electron chi connectivity index (χ3n) is 4.77. The first-order chi connectivity index (χ1) is 12.8. The topological polar surface area (TPSA) is 126 Å². The highest BCUT2D eigenvalue weighted by atomic mass is 32.2. The molecule has 2 aromatic carbocycles. The number of carbonyl (C=O) groups excluding carboxylic acids is 1. The van der Waals surface area contributed by atoms with Crippen LogP contribution in [0.5, 0.6) is 0 Å². The van der Waals surface area contributed by atoms with Crippen molar-refractivity contribution in [3.63, 3.8) is 0 Å². The van der Waals surface area contributed by atoms with E-state index in [4.69, 9.17) is 0 Å². The molecule has 0 aliphatic rings. The first-order valence-corrected chi connectivity index (χ1v) is 11.6. The Hall–Kier alpha value is -2.07. The van der Waals surface area contributed by atoms with Crippen molar-refractivity contribution >= 4 is 26.0 Å². The van der Waals surface area contributed by atoms with E-state index in [-0.39, 0.29) is 0 Å². The molecular weight excluding hydrogens is 404 g/mol. The van der Waals surface area contributed by atoms with Gasteiger partial charge in [0.1, 0.15) is 0 Å². The predicted octanol–water partition coefficient (Wildman–Crippen LogP) is 2.25. The average molecular weight is 427 g/mol. The lowest BCUT2D eigenvalue weighted by molar-refractivity contribution is -0.128. The van der Waals surface area contributed by atoms with Crippen LogP contribution in [0.3, 0.4) is 0 Å². The number of carbonyl (C=O) groups is 1. The normalized spacial score (nSPS) is 16.7. The van der Waals surface area contributed by atoms with Gasteiger partial charge in [0, 0.05) is 0 Å².